The van der Waals surface area contributed by atoms with Gasteiger partial charge < -0.3 is 10.2 Å². The zero-order valence-corrected chi connectivity index (χ0v) is 7.51. The molecule has 14 heavy (non-hydrogen) atoms. The number of carboxylic acids is 1. The molecule has 72 valence electrons. The number of thiol groups is 1. The van der Waals surface area contributed by atoms with Gasteiger partial charge in [0.15, 0.2) is 10.9 Å². The van der Waals surface area contributed by atoms with E-state index < -0.39 is 5.97 Å². The normalized spacial score (nSPS) is 10.6. The van der Waals surface area contributed by atoms with Crippen molar-refractivity contribution < 1.29 is 15.0 Å². The number of nitrogens with zero attached hydrogens (tertiary/aromatic N) is 4. The first kappa shape index (κ1) is 8.75. The molecular formula is C6H4N4O3S. The zero-order valence-electron chi connectivity index (χ0n) is 6.62. The van der Waals surface area contributed by atoms with Gasteiger partial charge in [0, 0.05) is 6.07 Å². The molecule has 0 saturated heterocycles. The lowest BCUT2D eigenvalue weighted by atomic mass is 10.4. The molecule has 8 heteroatoms. The Kier molecular flexibility index (Phi) is 1.78. The molecule has 0 fully saturated rings. The van der Waals surface area contributed by atoms with Crippen molar-refractivity contribution in [1.82, 2.24) is 19.6 Å². The summed E-state index contributed by atoms with van der Waals surface area (Å²) in [6, 6.07) is 0.998. The molecule has 0 bridgehead atoms. The predicted octanol–water partition coefficient (Wildman–Crippen LogP) is -0.183. The molecule has 0 unspecified atom stereocenters. The van der Waals surface area contributed by atoms with Crippen LogP contribution in [0.5, 0.6) is 5.88 Å². The Morgan fingerprint density at radius 3 is 2.86 bits per heavy atom. The summed E-state index contributed by atoms with van der Waals surface area (Å²) in [6.07, 6.45) is 0. The number of carbonyl (C=O) groups is 1. The van der Waals surface area contributed by atoms with E-state index >= 15 is 0 Å². The van der Waals surface area contributed by atoms with Crippen LogP contribution in [-0.2, 0) is 0 Å². The molecule has 2 aromatic rings. The predicted molar refractivity (Wildman–Crippen MR) is 46.7 cm³/mol. The summed E-state index contributed by atoms with van der Waals surface area (Å²) in [5.74, 6) is -1.57. The summed E-state index contributed by atoms with van der Waals surface area (Å²) in [4.78, 5) is 14.2. The van der Waals surface area contributed by atoms with Crippen molar-refractivity contribution in [2.75, 3.05) is 0 Å². The Bertz CT molecular complexity index is 523. The molecule has 2 aromatic heterocycles. The van der Waals surface area contributed by atoms with Gasteiger partial charge in [-0.05, 0) is 0 Å². The Balaban J connectivity index is 2.80. The SMILES string of the molecule is O=C(O)c1cc(O)n2c(S)nnc2n1. The van der Waals surface area contributed by atoms with E-state index in [1.807, 2.05) is 0 Å². The second-order valence-corrected chi connectivity index (χ2v) is 2.84. The number of hydrogen-bond acceptors (Lipinski definition) is 6. The molecule has 0 aromatic carbocycles. The molecule has 2 heterocycles. The first-order valence-electron chi connectivity index (χ1n) is 3.47. The number of fused-ring (bicyclic) bond motifs is 1. The van der Waals surface area contributed by atoms with Crippen molar-refractivity contribution in [1.29, 1.82) is 0 Å². The maximum absolute atomic E-state index is 10.6. The van der Waals surface area contributed by atoms with E-state index in [2.05, 4.69) is 27.8 Å². The molecule has 0 aliphatic rings. The maximum atomic E-state index is 10.6. The molecule has 0 atom stereocenters. The Morgan fingerprint density at radius 1 is 1.50 bits per heavy atom. The van der Waals surface area contributed by atoms with Crippen LogP contribution in [0.25, 0.3) is 5.78 Å². The molecule has 0 aliphatic carbocycles. The average Bonchev–Trinajstić information content (AvgIpc) is 2.48. The van der Waals surface area contributed by atoms with Crippen LogP contribution in [0.2, 0.25) is 0 Å². The molecule has 0 radical (unpaired) electrons. The largest absolute Gasteiger partial charge is 0.494 e. The highest BCUT2D eigenvalue weighted by atomic mass is 32.1. The molecule has 0 spiro atoms. The van der Waals surface area contributed by atoms with E-state index in [9.17, 15) is 9.90 Å². The van der Waals surface area contributed by atoms with Gasteiger partial charge in [-0.1, -0.05) is 0 Å². The van der Waals surface area contributed by atoms with Gasteiger partial charge in [0.25, 0.3) is 5.78 Å². The lowest BCUT2D eigenvalue weighted by Crippen LogP contribution is -2.03. The van der Waals surface area contributed by atoms with Crippen LogP contribution in [0.15, 0.2) is 11.2 Å². The second kappa shape index (κ2) is 2.84. The van der Waals surface area contributed by atoms with E-state index in [4.69, 9.17) is 5.11 Å². The standard InChI is InChI=1S/C6H4N4O3S/c11-3-1-2(4(12)13)7-5-8-9-6(14)10(3)5/h1,11H,(H,9,14)(H,12,13). The van der Waals surface area contributed by atoms with Crippen LogP contribution in [0.1, 0.15) is 10.5 Å². The highest BCUT2D eigenvalue weighted by Crippen LogP contribution is 2.16. The lowest BCUT2D eigenvalue weighted by molar-refractivity contribution is 0.0690. The highest BCUT2D eigenvalue weighted by Gasteiger charge is 2.13. The third-order valence-electron chi connectivity index (χ3n) is 1.56. The fourth-order valence-corrected chi connectivity index (χ4v) is 1.22. The Morgan fingerprint density at radius 2 is 2.21 bits per heavy atom. The fraction of sp³-hybridized carbons (Fsp3) is 0. The van der Waals surface area contributed by atoms with Crippen molar-refractivity contribution >= 4 is 24.4 Å². The lowest BCUT2D eigenvalue weighted by Gasteiger charge is -1.99. The first-order valence-corrected chi connectivity index (χ1v) is 3.91. The minimum atomic E-state index is -1.24. The third kappa shape index (κ3) is 1.16. The minimum absolute atomic E-state index is 0.00704. The number of aromatic nitrogens is 4. The zero-order chi connectivity index (χ0) is 10.3. The van der Waals surface area contributed by atoms with Crippen LogP contribution < -0.4 is 0 Å². The third-order valence-corrected chi connectivity index (χ3v) is 1.85. The van der Waals surface area contributed by atoms with Crippen molar-refractivity contribution in [3.8, 4) is 5.88 Å². The summed E-state index contributed by atoms with van der Waals surface area (Å²) in [6.45, 7) is 0. The fourth-order valence-electron chi connectivity index (χ4n) is 0.982. The number of hydrogen-bond donors (Lipinski definition) is 3. The van der Waals surface area contributed by atoms with Crippen LogP contribution in [0, 0.1) is 0 Å². The number of aromatic carboxylic acids is 1. The van der Waals surface area contributed by atoms with Gasteiger partial charge in [0.05, 0.1) is 0 Å². The quantitative estimate of drug-likeness (QED) is 0.567. The molecule has 0 amide bonds. The second-order valence-electron chi connectivity index (χ2n) is 2.44. The van der Waals surface area contributed by atoms with Gasteiger partial charge in [0.1, 0.15) is 0 Å². The van der Waals surface area contributed by atoms with Gasteiger partial charge in [-0.25, -0.2) is 14.2 Å². The monoisotopic (exact) mass is 212 g/mol. The number of rotatable bonds is 1. The smallest absolute Gasteiger partial charge is 0.354 e. The summed E-state index contributed by atoms with van der Waals surface area (Å²) in [5.41, 5.74) is -0.296. The number of aromatic hydroxyl groups is 1. The van der Waals surface area contributed by atoms with Crippen LogP contribution >= 0.6 is 12.6 Å². The average molecular weight is 212 g/mol. The van der Waals surface area contributed by atoms with Crippen LogP contribution in [-0.4, -0.2) is 35.8 Å². The molecule has 2 rings (SSSR count). The van der Waals surface area contributed by atoms with Crippen molar-refractivity contribution in [3.05, 3.63) is 11.8 Å². The summed E-state index contributed by atoms with van der Waals surface area (Å²) in [7, 11) is 0. The summed E-state index contributed by atoms with van der Waals surface area (Å²) in [5, 5.41) is 25.2. The first-order chi connectivity index (χ1) is 6.59. The molecular weight excluding hydrogens is 208 g/mol. The summed E-state index contributed by atoms with van der Waals surface area (Å²) >= 11 is 3.90. The van der Waals surface area contributed by atoms with Crippen LogP contribution in [0.3, 0.4) is 0 Å². The maximum Gasteiger partial charge on any atom is 0.354 e. The molecule has 0 aliphatic heterocycles. The van der Waals surface area contributed by atoms with Gasteiger partial charge in [-0.15, -0.1) is 22.8 Å². The number of carboxylic acid groups (broad SMARTS) is 1. The Hall–Kier alpha value is -1.83. The molecule has 2 N–H and O–H groups in total. The Labute approximate surface area is 82.4 Å². The molecule has 7 nitrogen and oxygen atoms in total. The van der Waals surface area contributed by atoms with E-state index in [0.717, 1.165) is 10.5 Å². The van der Waals surface area contributed by atoms with E-state index in [1.165, 1.54) is 0 Å². The van der Waals surface area contributed by atoms with Crippen molar-refractivity contribution in [2.45, 2.75) is 5.16 Å². The van der Waals surface area contributed by atoms with Gasteiger partial charge in [-0.3, -0.25) is 0 Å². The topological polar surface area (TPSA) is 101 Å². The highest BCUT2D eigenvalue weighted by molar-refractivity contribution is 7.80. The van der Waals surface area contributed by atoms with Crippen molar-refractivity contribution in [3.63, 3.8) is 0 Å². The minimum Gasteiger partial charge on any atom is -0.494 e. The van der Waals surface area contributed by atoms with Crippen molar-refractivity contribution in [2.24, 2.45) is 0 Å². The van der Waals surface area contributed by atoms with E-state index in [1.54, 1.807) is 0 Å². The summed E-state index contributed by atoms with van der Waals surface area (Å²) < 4.78 is 1.12. The molecule has 0 saturated carbocycles. The van der Waals surface area contributed by atoms with E-state index in [0.29, 0.717) is 0 Å². The van der Waals surface area contributed by atoms with Crippen LogP contribution in [0.4, 0.5) is 0 Å². The van der Waals surface area contributed by atoms with Gasteiger partial charge in [0.2, 0.25) is 5.88 Å². The van der Waals surface area contributed by atoms with Gasteiger partial charge in [-0.2, -0.15) is 0 Å². The van der Waals surface area contributed by atoms with E-state index in [-0.39, 0.29) is 22.5 Å². The van der Waals surface area contributed by atoms with Gasteiger partial charge >= 0.3 is 5.97 Å².